The van der Waals surface area contributed by atoms with E-state index in [1.165, 1.54) is 0 Å². The van der Waals surface area contributed by atoms with Gasteiger partial charge in [-0.1, -0.05) is 72.8 Å². The molecule has 4 unspecified atom stereocenters. The maximum atomic E-state index is 12.3. The minimum atomic E-state index is -0.368. The molecule has 2 aromatic carbocycles. The summed E-state index contributed by atoms with van der Waals surface area (Å²) in [4.78, 5) is 24.7. The van der Waals surface area contributed by atoms with Crippen molar-refractivity contribution in [3.8, 4) is 0 Å². The first kappa shape index (κ1) is 13.7. The lowest BCUT2D eigenvalue weighted by Crippen LogP contribution is -2.37. The molecule has 0 radical (unpaired) electrons. The average Bonchev–Trinajstić information content (AvgIpc) is 3.24. The molecule has 5 rings (SSSR count). The molecule has 0 spiro atoms. The third-order valence-corrected chi connectivity index (χ3v) is 5.99. The number of rotatable bonds is 2. The first-order valence-corrected chi connectivity index (χ1v) is 8.29. The highest BCUT2D eigenvalue weighted by molar-refractivity contribution is 5.99. The maximum absolute atomic E-state index is 12.3. The van der Waals surface area contributed by atoms with E-state index in [-0.39, 0.29) is 41.0 Å². The lowest BCUT2D eigenvalue weighted by Gasteiger charge is -2.37. The molecule has 2 aromatic rings. The Morgan fingerprint density at radius 2 is 1.08 bits per heavy atom. The van der Waals surface area contributed by atoms with Gasteiger partial charge in [0.1, 0.15) is 0 Å². The fourth-order valence-electron chi connectivity index (χ4n) is 5.20. The summed E-state index contributed by atoms with van der Waals surface area (Å²) in [7, 11) is 0. The van der Waals surface area contributed by atoms with Gasteiger partial charge in [0.15, 0.2) is 0 Å². The fourth-order valence-corrected chi connectivity index (χ4v) is 5.20. The number of cyclic esters (lactones) is 2. The van der Waals surface area contributed by atoms with Gasteiger partial charge in [-0.15, -0.1) is 0 Å². The Morgan fingerprint density at radius 1 is 0.667 bits per heavy atom. The number of fused-ring (bicyclic) bond motifs is 5. The van der Waals surface area contributed by atoms with Gasteiger partial charge >= 0.3 is 11.9 Å². The van der Waals surface area contributed by atoms with E-state index in [0.717, 1.165) is 11.1 Å². The van der Waals surface area contributed by atoms with E-state index in [1.54, 1.807) is 0 Å². The Morgan fingerprint density at radius 3 is 1.50 bits per heavy atom. The molecule has 1 aliphatic heterocycles. The van der Waals surface area contributed by atoms with E-state index < -0.39 is 0 Å². The monoisotopic (exact) mass is 316 g/mol. The van der Waals surface area contributed by atoms with Crippen LogP contribution in [0, 0.1) is 23.7 Å². The van der Waals surface area contributed by atoms with Gasteiger partial charge in [-0.2, -0.15) is 0 Å². The zero-order valence-electron chi connectivity index (χ0n) is 13.0. The Balaban J connectivity index is 1.79. The van der Waals surface area contributed by atoms with Gasteiger partial charge in [0.05, 0.1) is 11.8 Å². The van der Waals surface area contributed by atoms with Crippen molar-refractivity contribution in [2.24, 2.45) is 23.7 Å². The van der Waals surface area contributed by atoms with Crippen molar-refractivity contribution in [1.29, 1.82) is 0 Å². The van der Waals surface area contributed by atoms with E-state index in [1.807, 2.05) is 36.4 Å². The molecule has 3 aliphatic rings. The number of ether oxygens (including phenoxy) is 1. The Labute approximate surface area is 140 Å². The van der Waals surface area contributed by atoms with E-state index in [4.69, 9.17) is 4.74 Å². The van der Waals surface area contributed by atoms with Crippen LogP contribution < -0.4 is 0 Å². The molecular formula is C21H16O3. The maximum Gasteiger partial charge on any atom is 0.318 e. The van der Waals surface area contributed by atoms with E-state index in [9.17, 15) is 9.59 Å². The highest BCUT2D eigenvalue weighted by Gasteiger charge is 2.70. The van der Waals surface area contributed by atoms with Crippen LogP contribution in [0.5, 0.6) is 0 Å². The van der Waals surface area contributed by atoms with Gasteiger partial charge in [-0.3, -0.25) is 9.59 Å². The Hall–Kier alpha value is -2.68. The van der Waals surface area contributed by atoms with Gasteiger partial charge in [0.2, 0.25) is 0 Å². The van der Waals surface area contributed by atoms with Gasteiger partial charge in [0, 0.05) is 17.3 Å². The molecule has 24 heavy (non-hydrogen) atoms. The Kier molecular flexibility index (Phi) is 2.67. The number of hydrogen-bond donors (Lipinski definition) is 0. The van der Waals surface area contributed by atoms with Crippen LogP contribution in [-0.4, -0.2) is 11.9 Å². The second kappa shape index (κ2) is 4.67. The summed E-state index contributed by atoms with van der Waals surface area (Å²) in [5, 5.41) is 0. The number of esters is 2. The number of hydrogen-bond acceptors (Lipinski definition) is 3. The van der Waals surface area contributed by atoms with Crippen LogP contribution in [-0.2, 0) is 19.7 Å². The summed E-state index contributed by atoms with van der Waals surface area (Å²) >= 11 is 0. The van der Waals surface area contributed by atoms with Crippen LogP contribution in [0.15, 0.2) is 72.8 Å². The first-order chi connectivity index (χ1) is 11.7. The molecule has 0 amide bonds. The van der Waals surface area contributed by atoms with Crippen molar-refractivity contribution >= 4 is 11.9 Å². The molecule has 4 atom stereocenters. The first-order valence-electron chi connectivity index (χ1n) is 8.29. The van der Waals surface area contributed by atoms with E-state index in [0.29, 0.717) is 0 Å². The molecule has 2 fully saturated rings. The molecule has 118 valence electrons. The lowest BCUT2D eigenvalue weighted by atomic mass is 9.65. The topological polar surface area (TPSA) is 43.4 Å². The predicted octanol–water partition coefficient (Wildman–Crippen LogP) is 3.10. The van der Waals surface area contributed by atoms with Crippen LogP contribution in [0.3, 0.4) is 0 Å². The zero-order chi connectivity index (χ0) is 16.3. The smallest absolute Gasteiger partial charge is 0.318 e. The van der Waals surface area contributed by atoms with Crippen molar-refractivity contribution in [2.45, 2.75) is 5.41 Å². The second-order valence-corrected chi connectivity index (χ2v) is 6.83. The number of benzene rings is 2. The van der Waals surface area contributed by atoms with E-state index in [2.05, 4.69) is 36.4 Å². The van der Waals surface area contributed by atoms with Crippen LogP contribution >= 0.6 is 0 Å². The van der Waals surface area contributed by atoms with Gasteiger partial charge in [-0.05, 0) is 11.1 Å². The highest BCUT2D eigenvalue weighted by Crippen LogP contribution is 2.65. The van der Waals surface area contributed by atoms with Crippen molar-refractivity contribution in [3.05, 3.63) is 83.9 Å². The third kappa shape index (κ3) is 1.47. The van der Waals surface area contributed by atoms with Crippen LogP contribution in [0.2, 0.25) is 0 Å². The molecule has 1 saturated carbocycles. The summed E-state index contributed by atoms with van der Waals surface area (Å²) in [6.07, 6.45) is 4.23. The van der Waals surface area contributed by atoms with Crippen molar-refractivity contribution in [3.63, 3.8) is 0 Å². The molecule has 2 aliphatic carbocycles. The summed E-state index contributed by atoms with van der Waals surface area (Å²) in [6.45, 7) is 0. The van der Waals surface area contributed by atoms with Crippen LogP contribution in [0.4, 0.5) is 0 Å². The molecule has 1 saturated heterocycles. The van der Waals surface area contributed by atoms with Crippen molar-refractivity contribution in [1.82, 2.24) is 0 Å². The van der Waals surface area contributed by atoms with Crippen LogP contribution in [0.25, 0.3) is 0 Å². The largest absolute Gasteiger partial charge is 0.393 e. The van der Waals surface area contributed by atoms with Crippen molar-refractivity contribution < 1.29 is 14.3 Å². The minimum absolute atomic E-state index is 0.0451. The van der Waals surface area contributed by atoms with E-state index >= 15 is 0 Å². The number of carbonyl (C=O) groups excluding carboxylic acids is 2. The molecule has 0 N–H and O–H groups in total. The Bertz CT molecular complexity index is 782. The van der Waals surface area contributed by atoms with Crippen LogP contribution in [0.1, 0.15) is 11.1 Å². The SMILES string of the molecule is O=C1OC(=O)C2C1C1C=CC2C1(c1ccccc1)c1ccccc1. The zero-order valence-corrected chi connectivity index (χ0v) is 13.0. The summed E-state index contributed by atoms with van der Waals surface area (Å²) in [5.74, 6) is -1.55. The minimum Gasteiger partial charge on any atom is -0.393 e. The number of carbonyl (C=O) groups is 2. The van der Waals surface area contributed by atoms with Gasteiger partial charge in [-0.25, -0.2) is 0 Å². The fraction of sp³-hybridized carbons (Fsp3) is 0.238. The summed E-state index contributed by atoms with van der Waals surface area (Å²) in [5.41, 5.74) is 1.95. The molecule has 3 heteroatoms. The molecule has 0 aromatic heterocycles. The summed E-state index contributed by atoms with van der Waals surface area (Å²) in [6, 6.07) is 20.5. The lowest BCUT2D eigenvalue weighted by molar-refractivity contribution is -0.155. The standard InChI is InChI=1S/C21H16O3/c22-19-17-15-11-12-16(18(17)20(23)24-19)21(15,13-7-3-1-4-8-13)14-9-5-2-6-10-14/h1-12,15-18H. The third-order valence-electron chi connectivity index (χ3n) is 5.99. The normalized spacial score (nSPS) is 32.0. The van der Waals surface area contributed by atoms with Gasteiger partial charge in [0.25, 0.3) is 0 Å². The second-order valence-electron chi connectivity index (χ2n) is 6.83. The predicted molar refractivity (Wildman–Crippen MR) is 87.9 cm³/mol. The molecule has 1 heterocycles. The average molecular weight is 316 g/mol. The van der Waals surface area contributed by atoms with Gasteiger partial charge < -0.3 is 4.74 Å². The molecular weight excluding hydrogens is 300 g/mol. The van der Waals surface area contributed by atoms with Crippen molar-refractivity contribution in [2.75, 3.05) is 0 Å². The molecule has 2 bridgehead atoms. The summed E-state index contributed by atoms with van der Waals surface area (Å²) < 4.78 is 4.96. The quantitative estimate of drug-likeness (QED) is 0.486. The highest BCUT2D eigenvalue weighted by atomic mass is 16.6. The molecule has 3 nitrogen and oxygen atoms in total. The number of allylic oxidation sites excluding steroid dienone is 2.